The Labute approximate surface area is 120 Å². The number of aryl methyl sites for hydroxylation is 2. The highest BCUT2D eigenvalue weighted by atomic mass is 16.2. The second-order valence-electron chi connectivity index (χ2n) is 4.78. The van der Waals surface area contributed by atoms with Gasteiger partial charge in [0.15, 0.2) is 0 Å². The van der Waals surface area contributed by atoms with Gasteiger partial charge < -0.3 is 10.3 Å². The van der Waals surface area contributed by atoms with Crippen molar-refractivity contribution in [2.75, 3.05) is 5.32 Å². The fourth-order valence-corrected chi connectivity index (χ4v) is 1.91. The molecule has 0 saturated carbocycles. The molecular formula is C14H16N4O3. The number of H-pyrrole nitrogens is 2. The molecule has 0 unspecified atom stereocenters. The SMILES string of the molecule is Cc1ccc(NC(=O)CCc2c(C)[nH]c(=O)[nH]c2=O)nc1. The lowest BCUT2D eigenvalue weighted by molar-refractivity contribution is -0.116. The summed E-state index contributed by atoms with van der Waals surface area (Å²) in [5.74, 6) is 0.231. The minimum atomic E-state index is -0.547. The van der Waals surface area contributed by atoms with Crippen molar-refractivity contribution in [3.63, 3.8) is 0 Å². The summed E-state index contributed by atoms with van der Waals surface area (Å²) >= 11 is 0. The average Bonchev–Trinajstić information content (AvgIpc) is 2.40. The number of nitrogens with one attached hydrogen (secondary N) is 3. The first kappa shape index (κ1) is 14.7. The number of amides is 1. The highest BCUT2D eigenvalue weighted by molar-refractivity contribution is 5.89. The molecule has 3 N–H and O–H groups in total. The third-order valence-corrected chi connectivity index (χ3v) is 3.04. The van der Waals surface area contributed by atoms with Crippen LogP contribution in [-0.2, 0) is 11.2 Å². The van der Waals surface area contributed by atoms with Gasteiger partial charge in [-0.3, -0.25) is 14.6 Å². The van der Waals surface area contributed by atoms with Crippen molar-refractivity contribution in [3.8, 4) is 0 Å². The Hall–Kier alpha value is -2.70. The number of aromatic amines is 2. The molecule has 7 nitrogen and oxygen atoms in total. The van der Waals surface area contributed by atoms with Crippen LogP contribution in [0.3, 0.4) is 0 Å². The van der Waals surface area contributed by atoms with Gasteiger partial charge in [-0.2, -0.15) is 0 Å². The Balaban J connectivity index is 2.00. The monoisotopic (exact) mass is 288 g/mol. The molecular weight excluding hydrogens is 272 g/mol. The number of nitrogens with zero attached hydrogens (tertiary/aromatic N) is 1. The molecule has 2 aromatic rings. The van der Waals surface area contributed by atoms with Gasteiger partial charge in [0.25, 0.3) is 5.56 Å². The van der Waals surface area contributed by atoms with Gasteiger partial charge in [-0.1, -0.05) is 6.07 Å². The van der Waals surface area contributed by atoms with Crippen LogP contribution in [0.15, 0.2) is 27.9 Å². The Morgan fingerprint density at radius 3 is 2.62 bits per heavy atom. The van der Waals surface area contributed by atoms with Crippen molar-refractivity contribution < 1.29 is 4.79 Å². The summed E-state index contributed by atoms with van der Waals surface area (Å²) in [4.78, 5) is 43.3. The molecule has 0 radical (unpaired) electrons. The summed E-state index contributed by atoms with van der Waals surface area (Å²) in [5.41, 5.74) is 0.877. The second-order valence-corrected chi connectivity index (χ2v) is 4.78. The van der Waals surface area contributed by atoms with Gasteiger partial charge >= 0.3 is 5.69 Å². The first-order valence-electron chi connectivity index (χ1n) is 6.50. The van der Waals surface area contributed by atoms with Crippen LogP contribution >= 0.6 is 0 Å². The summed E-state index contributed by atoms with van der Waals surface area (Å²) in [5, 5.41) is 2.66. The zero-order valence-corrected chi connectivity index (χ0v) is 11.8. The number of carbonyl (C=O) groups is 1. The maximum Gasteiger partial charge on any atom is 0.325 e. The molecule has 0 aliphatic heterocycles. The van der Waals surface area contributed by atoms with E-state index in [2.05, 4.69) is 20.3 Å². The quantitative estimate of drug-likeness (QED) is 0.767. The van der Waals surface area contributed by atoms with E-state index in [9.17, 15) is 14.4 Å². The van der Waals surface area contributed by atoms with Gasteiger partial charge in [-0.25, -0.2) is 9.78 Å². The molecule has 0 aromatic carbocycles. The van der Waals surface area contributed by atoms with Crippen molar-refractivity contribution in [3.05, 3.63) is 56.0 Å². The molecule has 0 bridgehead atoms. The van der Waals surface area contributed by atoms with Crippen LogP contribution in [0.1, 0.15) is 23.2 Å². The van der Waals surface area contributed by atoms with Gasteiger partial charge in [0.2, 0.25) is 5.91 Å². The third kappa shape index (κ3) is 3.88. The van der Waals surface area contributed by atoms with Crippen LogP contribution in [0.4, 0.5) is 5.82 Å². The van der Waals surface area contributed by atoms with E-state index in [0.717, 1.165) is 5.56 Å². The van der Waals surface area contributed by atoms with E-state index < -0.39 is 11.2 Å². The van der Waals surface area contributed by atoms with Gasteiger partial charge in [0.1, 0.15) is 5.82 Å². The van der Waals surface area contributed by atoms with Gasteiger partial charge in [-0.05, 0) is 31.9 Å². The van der Waals surface area contributed by atoms with E-state index in [1.54, 1.807) is 19.2 Å². The minimum absolute atomic E-state index is 0.130. The molecule has 21 heavy (non-hydrogen) atoms. The zero-order valence-electron chi connectivity index (χ0n) is 11.8. The van der Waals surface area contributed by atoms with Crippen LogP contribution in [0.25, 0.3) is 0 Å². The predicted octanol–water partition coefficient (Wildman–Crippen LogP) is 0.646. The lowest BCUT2D eigenvalue weighted by Gasteiger charge is -2.06. The predicted molar refractivity (Wildman–Crippen MR) is 78.3 cm³/mol. The summed E-state index contributed by atoms with van der Waals surface area (Å²) in [6, 6.07) is 3.56. The fourth-order valence-electron chi connectivity index (χ4n) is 1.91. The number of aromatic nitrogens is 3. The molecule has 2 rings (SSSR count). The van der Waals surface area contributed by atoms with Crippen LogP contribution in [0.2, 0.25) is 0 Å². The van der Waals surface area contributed by atoms with Gasteiger partial charge in [0.05, 0.1) is 0 Å². The largest absolute Gasteiger partial charge is 0.325 e. The van der Waals surface area contributed by atoms with Crippen LogP contribution in [-0.4, -0.2) is 20.9 Å². The van der Waals surface area contributed by atoms with Crippen molar-refractivity contribution in [2.24, 2.45) is 0 Å². The van der Waals surface area contributed by atoms with E-state index in [1.165, 1.54) is 0 Å². The average molecular weight is 288 g/mol. The van der Waals surface area contributed by atoms with E-state index in [1.807, 2.05) is 13.0 Å². The summed E-state index contributed by atoms with van der Waals surface area (Å²) in [6.45, 7) is 3.54. The number of rotatable bonds is 4. The second kappa shape index (κ2) is 6.17. The smallest absolute Gasteiger partial charge is 0.311 e. The number of hydrogen-bond donors (Lipinski definition) is 3. The molecule has 2 aromatic heterocycles. The zero-order chi connectivity index (χ0) is 15.4. The van der Waals surface area contributed by atoms with E-state index in [-0.39, 0.29) is 18.7 Å². The molecule has 0 aliphatic carbocycles. The van der Waals surface area contributed by atoms with Crippen molar-refractivity contribution in [1.82, 2.24) is 15.0 Å². The summed E-state index contributed by atoms with van der Waals surface area (Å²) in [7, 11) is 0. The lowest BCUT2D eigenvalue weighted by Crippen LogP contribution is -2.27. The number of carbonyl (C=O) groups excluding carboxylic acids is 1. The Morgan fingerprint density at radius 2 is 2.00 bits per heavy atom. The molecule has 0 aliphatic rings. The molecule has 2 heterocycles. The molecule has 110 valence electrons. The lowest BCUT2D eigenvalue weighted by atomic mass is 10.1. The van der Waals surface area contributed by atoms with Crippen molar-refractivity contribution in [1.29, 1.82) is 0 Å². The van der Waals surface area contributed by atoms with Crippen molar-refractivity contribution >= 4 is 11.7 Å². The molecule has 7 heteroatoms. The highest BCUT2D eigenvalue weighted by Crippen LogP contribution is 2.06. The number of hydrogen-bond acceptors (Lipinski definition) is 4. The molecule has 0 spiro atoms. The normalized spacial score (nSPS) is 10.4. The fraction of sp³-hybridized carbons (Fsp3) is 0.286. The van der Waals surface area contributed by atoms with E-state index in [0.29, 0.717) is 17.1 Å². The first-order chi connectivity index (χ1) is 9.95. The van der Waals surface area contributed by atoms with Crippen LogP contribution in [0.5, 0.6) is 0 Å². The standard InChI is InChI=1S/C14H16N4O3/c1-8-3-5-11(15-7-8)17-12(19)6-4-10-9(2)16-14(21)18-13(10)20/h3,5,7H,4,6H2,1-2H3,(H,15,17,19)(H2,16,18,20,21). The summed E-state index contributed by atoms with van der Waals surface area (Å²) in [6.07, 6.45) is 2.04. The highest BCUT2D eigenvalue weighted by Gasteiger charge is 2.09. The molecule has 0 atom stereocenters. The first-order valence-corrected chi connectivity index (χ1v) is 6.50. The summed E-state index contributed by atoms with van der Waals surface area (Å²) < 4.78 is 0. The van der Waals surface area contributed by atoms with Crippen LogP contribution in [0, 0.1) is 13.8 Å². The molecule has 1 amide bonds. The minimum Gasteiger partial charge on any atom is -0.311 e. The topological polar surface area (TPSA) is 108 Å². The Kier molecular flexibility index (Phi) is 4.32. The Morgan fingerprint density at radius 1 is 1.24 bits per heavy atom. The number of anilines is 1. The van der Waals surface area contributed by atoms with E-state index >= 15 is 0 Å². The van der Waals surface area contributed by atoms with Crippen LogP contribution < -0.4 is 16.6 Å². The maximum atomic E-state index is 11.8. The Bertz CT molecular complexity index is 759. The number of pyridine rings is 1. The van der Waals surface area contributed by atoms with Crippen molar-refractivity contribution in [2.45, 2.75) is 26.7 Å². The third-order valence-electron chi connectivity index (χ3n) is 3.04. The maximum absolute atomic E-state index is 11.8. The molecule has 0 saturated heterocycles. The van der Waals surface area contributed by atoms with E-state index in [4.69, 9.17) is 0 Å². The van der Waals surface area contributed by atoms with Gasteiger partial charge in [-0.15, -0.1) is 0 Å². The van der Waals surface area contributed by atoms with Gasteiger partial charge in [0, 0.05) is 23.9 Å². The molecule has 0 fully saturated rings.